The Bertz CT molecular complexity index is 1040. The summed E-state index contributed by atoms with van der Waals surface area (Å²) in [5.74, 6) is 1.22. The molecule has 1 saturated heterocycles. The molecule has 0 unspecified atom stereocenters. The SMILES string of the molecule is COc1cc(OC)c(OC)cc1CNC(=O)[C@@H]1CCCN1S(=O)(=O)c1ccc(C)cc1. The summed E-state index contributed by atoms with van der Waals surface area (Å²) < 4.78 is 43.5. The Morgan fingerprint density at radius 1 is 1.03 bits per heavy atom. The van der Waals surface area contributed by atoms with Crippen molar-refractivity contribution in [3.05, 3.63) is 47.5 Å². The minimum absolute atomic E-state index is 0.164. The molecule has 0 saturated carbocycles. The average Bonchev–Trinajstić information content (AvgIpc) is 3.28. The molecule has 3 rings (SSSR count). The molecule has 8 nitrogen and oxygen atoms in total. The van der Waals surface area contributed by atoms with Crippen LogP contribution in [-0.4, -0.2) is 52.5 Å². The van der Waals surface area contributed by atoms with Crippen molar-refractivity contribution >= 4 is 15.9 Å². The fourth-order valence-corrected chi connectivity index (χ4v) is 5.32. The third kappa shape index (κ3) is 4.77. The molecule has 1 fully saturated rings. The van der Waals surface area contributed by atoms with Gasteiger partial charge < -0.3 is 19.5 Å². The third-order valence-corrected chi connectivity index (χ3v) is 7.30. The lowest BCUT2D eigenvalue weighted by atomic mass is 10.1. The maximum absolute atomic E-state index is 13.1. The Morgan fingerprint density at radius 2 is 1.65 bits per heavy atom. The van der Waals surface area contributed by atoms with Crippen molar-refractivity contribution in [3.8, 4) is 17.2 Å². The van der Waals surface area contributed by atoms with Gasteiger partial charge in [-0.05, 0) is 38.0 Å². The van der Waals surface area contributed by atoms with Crippen LogP contribution in [0.3, 0.4) is 0 Å². The number of carbonyl (C=O) groups is 1. The molecule has 2 aromatic carbocycles. The number of carbonyl (C=O) groups excluding carboxylic acids is 1. The first-order valence-corrected chi connectivity index (χ1v) is 11.4. The molecule has 1 heterocycles. The van der Waals surface area contributed by atoms with E-state index in [1.807, 2.05) is 6.92 Å². The highest BCUT2D eigenvalue weighted by molar-refractivity contribution is 7.89. The Kier molecular flexibility index (Phi) is 7.07. The van der Waals surface area contributed by atoms with E-state index in [-0.39, 0.29) is 17.3 Å². The predicted octanol–water partition coefficient (Wildman–Crippen LogP) is 2.49. The van der Waals surface area contributed by atoms with E-state index in [1.165, 1.54) is 25.6 Å². The van der Waals surface area contributed by atoms with E-state index < -0.39 is 16.1 Å². The largest absolute Gasteiger partial charge is 0.496 e. The van der Waals surface area contributed by atoms with Gasteiger partial charge >= 0.3 is 0 Å². The Hall–Kier alpha value is -2.78. The molecular formula is C22H28N2O6S. The van der Waals surface area contributed by atoms with Crippen LogP contribution in [0.1, 0.15) is 24.0 Å². The van der Waals surface area contributed by atoms with Crippen molar-refractivity contribution in [1.29, 1.82) is 0 Å². The van der Waals surface area contributed by atoms with Gasteiger partial charge in [-0.3, -0.25) is 4.79 Å². The number of hydrogen-bond donors (Lipinski definition) is 1. The van der Waals surface area contributed by atoms with E-state index in [9.17, 15) is 13.2 Å². The van der Waals surface area contributed by atoms with Crippen LogP contribution in [0.15, 0.2) is 41.3 Å². The minimum Gasteiger partial charge on any atom is -0.496 e. The highest BCUT2D eigenvalue weighted by Gasteiger charge is 2.39. The molecule has 0 spiro atoms. The fraction of sp³-hybridized carbons (Fsp3) is 0.409. The molecule has 1 aliphatic heterocycles. The summed E-state index contributed by atoms with van der Waals surface area (Å²) in [6, 6.07) is 9.32. The molecule has 31 heavy (non-hydrogen) atoms. The quantitative estimate of drug-likeness (QED) is 0.667. The lowest BCUT2D eigenvalue weighted by Gasteiger charge is -2.24. The van der Waals surface area contributed by atoms with Gasteiger partial charge in [0.1, 0.15) is 11.8 Å². The molecule has 0 aliphatic carbocycles. The Balaban J connectivity index is 1.77. The molecule has 1 amide bonds. The third-order valence-electron chi connectivity index (χ3n) is 5.37. The van der Waals surface area contributed by atoms with Crippen LogP contribution in [0.4, 0.5) is 0 Å². The highest BCUT2D eigenvalue weighted by atomic mass is 32.2. The van der Waals surface area contributed by atoms with Crippen LogP contribution in [0.25, 0.3) is 0 Å². The van der Waals surface area contributed by atoms with Gasteiger partial charge in [-0.25, -0.2) is 8.42 Å². The van der Waals surface area contributed by atoms with Crippen LogP contribution < -0.4 is 19.5 Å². The molecule has 1 atom stereocenters. The number of nitrogens with one attached hydrogen (secondary N) is 1. The van der Waals surface area contributed by atoms with Gasteiger partial charge in [-0.15, -0.1) is 0 Å². The fourth-order valence-electron chi connectivity index (χ4n) is 3.67. The van der Waals surface area contributed by atoms with Gasteiger partial charge in [-0.1, -0.05) is 17.7 Å². The van der Waals surface area contributed by atoms with Crippen LogP contribution in [-0.2, 0) is 21.4 Å². The number of ether oxygens (including phenoxy) is 3. The van der Waals surface area contributed by atoms with Crippen molar-refractivity contribution in [1.82, 2.24) is 9.62 Å². The molecule has 0 bridgehead atoms. The molecule has 1 aliphatic rings. The van der Waals surface area contributed by atoms with Gasteiger partial charge in [0.05, 0.1) is 26.2 Å². The van der Waals surface area contributed by atoms with Crippen molar-refractivity contribution < 1.29 is 27.4 Å². The number of nitrogens with zero attached hydrogens (tertiary/aromatic N) is 1. The van der Waals surface area contributed by atoms with Gasteiger partial charge in [0.15, 0.2) is 11.5 Å². The van der Waals surface area contributed by atoms with E-state index in [2.05, 4.69) is 5.32 Å². The Labute approximate surface area is 183 Å². The van der Waals surface area contributed by atoms with Crippen LogP contribution in [0.5, 0.6) is 17.2 Å². The van der Waals surface area contributed by atoms with Crippen LogP contribution in [0.2, 0.25) is 0 Å². The van der Waals surface area contributed by atoms with Crippen molar-refractivity contribution in [2.75, 3.05) is 27.9 Å². The predicted molar refractivity (Wildman–Crippen MR) is 116 cm³/mol. The summed E-state index contributed by atoms with van der Waals surface area (Å²) >= 11 is 0. The number of amides is 1. The number of rotatable bonds is 8. The molecule has 0 aromatic heterocycles. The first-order chi connectivity index (χ1) is 14.8. The zero-order valence-electron chi connectivity index (χ0n) is 18.2. The van der Waals surface area contributed by atoms with Crippen LogP contribution in [0, 0.1) is 6.92 Å². The van der Waals surface area contributed by atoms with Crippen LogP contribution >= 0.6 is 0 Å². The standard InChI is InChI=1S/C22H28N2O6S/c1-15-7-9-17(10-8-15)31(26,27)24-11-5-6-18(24)22(25)23-14-16-12-20(29-3)21(30-4)13-19(16)28-2/h7-10,12-13,18H,5-6,11,14H2,1-4H3,(H,23,25)/t18-/m0/s1. The van der Waals surface area contributed by atoms with Gasteiger partial charge in [0, 0.05) is 24.7 Å². The van der Waals surface area contributed by atoms with E-state index in [1.54, 1.807) is 36.4 Å². The second kappa shape index (κ2) is 9.57. The smallest absolute Gasteiger partial charge is 0.243 e. The van der Waals surface area contributed by atoms with Crippen molar-refractivity contribution in [2.24, 2.45) is 0 Å². The first kappa shape index (κ1) is 22.9. The molecule has 0 radical (unpaired) electrons. The number of methoxy groups -OCH3 is 3. The lowest BCUT2D eigenvalue weighted by molar-refractivity contribution is -0.124. The van der Waals surface area contributed by atoms with Gasteiger partial charge in [0.2, 0.25) is 15.9 Å². The average molecular weight is 449 g/mol. The number of benzene rings is 2. The summed E-state index contributed by atoms with van der Waals surface area (Å²) in [6.07, 6.45) is 1.10. The van der Waals surface area contributed by atoms with Gasteiger partial charge in [-0.2, -0.15) is 4.31 Å². The molecule has 1 N–H and O–H groups in total. The number of aryl methyl sites for hydroxylation is 1. The summed E-state index contributed by atoms with van der Waals surface area (Å²) in [6.45, 7) is 2.37. The zero-order valence-corrected chi connectivity index (χ0v) is 19.0. The topological polar surface area (TPSA) is 94.2 Å². The lowest BCUT2D eigenvalue weighted by Crippen LogP contribution is -2.45. The van der Waals surface area contributed by atoms with E-state index in [0.717, 1.165) is 5.56 Å². The normalized spacial score (nSPS) is 16.7. The highest BCUT2D eigenvalue weighted by Crippen LogP contribution is 2.34. The van der Waals surface area contributed by atoms with E-state index in [0.29, 0.717) is 42.2 Å². The minimum atomic E-state index is -3.75. The molecule has 9 heteroatoms. The summed E-state index contributed by atoms with van der Waals surface area (Å²) in [7, 11) is 0.830. The molecular weight excluding hydrogens is 420 g/mol. The van der Waals surface area contributed by atoms with E-state index in [4.69, 9.17) is 14.2 Å². The van der Waals surface area contributed by atoms with E-state index >= 15 is 0 Å². The second-order valence-electron chi connectivity index (χ2n) is 7.32. The molecule has 2 aromatic rings. The second-order valence-corrected chi connectivity index (χ2v) is 9.21. The maximum atomic E-state index is 13.1. The summed E-state index contributed by atoms with van der Waals surface area (Å²) in [5.41, 5.74) is 1.66. The summed E-state index contributed by atoms with van der Waals surface area (Å²) in [5, 5.41) is 2.85. The zero-order chi connectivity index (χ0) is 22.6. The monoisotopic (exact) mass is 448 g/mol. The number of sulfonamides is 1. The van der Waals surface area contributed by atoms with Gasteiger partial charge in [0.25, 0.3) is 0 Å². The first-order valence-electron chi connectivity index (χ1n) is 9.97. The maximum Gasteiger partial charge on any atom is 0.243 e. The number of hydrogen-bond acceptors (Lipinski definition) is 6. The Morgan fingerprint density at radius 3 is 2.26 bits per heavy atom. The summed E-state index contributed by atoms with van der Waals surface area (Å²) in [4.78, 5) is 13.1. The molecule has 168 valence electrons. The van der Waals surface area contributed by atoms with Crippen molar-refractivity contribution in [3.63, 3.8) is 0 Å². The van der Waals surface area contributed by atoms with Crippen molar-refractivity contribution in [2.45, 2.75) is 37.2 Å².